The van der Waals surface area contributed by atoms with Crippen LogP contribution in [0.2, 0.25) is 0 Å². The SMILES string of the molecule is CN1/C(=C\C=C2\N=C(c3ccc4c(c3)OCO4)OC2=O)C(C)(C)c2ccccc21. The number of anilines is 1. The zero-order valence-corrected chi connectivity index (χ0v) is 16.4. The quantitative estimate of drug-likeness (QED) is 0.577. The van der Waals surface area contributed by atoms with Gasteiger partial charge in [-0.1, -0.05) is 32.0 Å². The standard InChI is InChI=1S/C23H20N2O4/c1-23(2)15-6-4-5-7-17(15)25(3)20(23)11-9-16-22(26)29-21(24-16)14-8-10-18-19(12-14)28-13-27-18/h4-12H,13H2,1-3H3/b16-9+,20-11-. The van der Waals surface area contributed by atoms with Crippen LogP contribution in [-0.4, -0.2) is 25.7 Å². The lowest BCUT2D eigenvalue weighted by Crippen LogP contribution is -2.22. The zero-order valence-electron chi connectivity index (χ0n) is 16.4. The average Bonchev–Trinajstić information content (AvgIpc) is 3.37. The van der Waals surface area contributed by atoms with Crippen molar-refractivity contribution in [2.45, 2.75) is 19.3 Å². The summed E-state index contributed by atoms with van der Waals surface area (Å²) >= 11 is 0. The van der Waals surface area contributed by atoms with E-state index in [-0.39, 0.29) is 23.8 Å². The first kappa shape index (κ1) is 17.6. The highest BCUT2D eigenvalue weighted by Gasteiger charge is 2.38. The molecule has 0 fully saturated rings. The minimum atomic E-state index is -0.467. The Hall–Kier alpha value is -3.54. The predicted molar refractivity (Wildman–Crippen MR) is 109 cm³/mol. The maximum atomic E-state index is 12.4. The molecule has 3 aliphatic heterocycles. The molecule has 0 unspecified atom stereocenters. The van der Waals surface area contributed by atoms with E-state index in [9.17, 15) is 4.79 Å². The van der Waals surface area contributed by atoms with Gasteiger partial charge in [-0.2, -0.15) is 0 Å². The smallest absolute Gasteiger partial charge is 0.363 e. The molecule has 3 aliphatic rings. The Morgan fingerprint density at radius 3 is 2.69 bits per heavy atom. The van der Waals surface area contributed by atoms with Crippen molar-refractivity contribution in [3.05, 3.63) is 77.1 Å². The molecular formula is C23H20N2O4. The average molecular weight is 388 g/mol. The van der Waals surface area contributed by atoms with Gasteiger partial charge in [0.05, 0.1) is 0 Å². The fourth-order valence-electron chi connectivity index (χ4n) is 4.04. The van der Waals surface area contributed by atoms with Crippen molar-refractivity contribution in [3.8, 4) is 11.5 Å². The third-order valence-corrected chi connectivity index (χ3v) is 5.58. The van der Waals surface area contributed by atoms with Gasteiger partial charge in [-0.15, -0.1) is 0 Å². The minimum absolute atomic E-state index is 0.172. The summed E-state index contributed by atoms with van der Waals surface area (Å²) in [6, 6.07) is 13.7. The first-order valence-corrected chi connectivity index (χ1v) is 9.42. The fourth-order valence-corrected chi connectivity index (χ4v) is 4.04. The second kappa shape index (κ2) is 6.24. The van der Waals surface area contributed by atoms with E-state index in [0.717, 1.165) is 5.70 Å². The number of hydrogen-bond acceptors (Lipinski definition) is 6. The van der Waals surface area contributed by atoms with E-state index in [1.165, 1.54) is 11.3 Å². The van der Waals surface area contributed by atoms with E-state index in [1.807, 2.05) is 25.3 Å². The number of ether oxygens (including phenoxy) is 3. The summed E-state index contributed by atoms with van der Waals surface area (Å²) in [6.45, 7) is 4.54. The number of fused-ring (bicyclic) bond motifs is 2. The van der Waals surface area contributed by atoms with Crippen molar-refractivity contribution in [2.75, 3.05) is 18.7 Å². The van der Waals surface area contributed by atoms with Crippen LogP contribution in [0.1, 0.15) is 25.0 Å². The highest BCUT2D eigenvalue weighted by molar-refractivity contribution is 6.11. The molecule has 2 aromatic carbocycles. The van der Waals surface area contributed by atoms with Gasteiger partial charge in [0.1, 0.15) is 0 Å². The summed E-state index contributed by atoms with van der Waals surface area (Å²) in [5.74, 6) is 1.09. The molecule has 0 atom stereocenters. The second-order valence-electron chi connectivity index (χ2n) is 7.68. The van der Waals surface area contributed by atoms with E-state index >= 15 is 0 Å². The Morgan fingerprint density at radius 1 is 1.07 bits per heavy atom. The molecule has 0 saturated carbocycles. The van der Waals surface area contributed by atoms with Gasteiger partial charge < -0.3 is 19.1 Å². The van der Waals surface area contributed by atoms with Crippen LogP contribution in [0.25, 0.3) is 0 Å². The van der Waals surface area contributed by atoms with Gasteiger partial charge in [0.25, 0.3) is 0 Å². The van der Waals surface area contributed by atoms with Crippen LogP contribution in [0.15, 0.2) is 71.0 Å². The van der Waals surface area contributed by atoms with E-state index in [0.29, 0.717) is 17.1 Å². The summed E-state index contributed by atoms with van der Waals surface area (Å²) in [5.41, 5.74) is 4.28. The molecule has 6 nitrogen and oxygen atoms in total. The van der Waals surface area contributed by atoms with Crippen LogP contribution >= 0.6 is 0 Å². The van der Waals surface area contributed by atoms with E-state index in [2.05, 4.69) is 35.9 Å². The van der Waals surface area contributed by atoms with Crippen molar-refractivity contribution < 1.29 is 19.0 Å². The first-order valence-electron chi connectivity index (χ1n) is 9.42. The second-order valence-corrected chi connectivity index (χ2v) is 7.68. The van der Waals surface area contributed by atoms with Crippen LogP contribution in [0.3, 0.4) is 0 Å². The molecule has 146 valence electrons. The highest BCUT2D eigenvalue weighted by atomic mass is 16.7. The molecule has 5 rings (SSSR count). The van der Waals surface area contributed by atoms with E-state index in [1.54, 1.807) is 24.3 Å². The molecule has 0 spiro atoms. The Kier molecular flexibility index (Phi) is 3.77. The Morgan fingerprint density at radius 2 is 1.86 bits per heavy atom. The summed E-state index contributed by atoms with van der Waals surface area (Å²) in [4.78, 5) is 18.9. The van der Waals surface area contributed by atoms with E-state index in [4.69, 9.17) is 14.2 Å². The molecule has 0 N–H and O–H groups in total. The summed E-state index contributed by atoms with van der Waals surface area (Å²) in [6.07, 6.45) is 3.67. The number of allylic oxidation sites excluding steroid dienone is 3. The normalized spacial score (nSPS) is 21.6. The molecule has 0 aromatic heterocycles. The summed E-state index contributed by atoms with van der Waals surface area (Å²) < 4.78 is 16.1. The Labute approximate surface area is 168 Å². The maximum absolute atomic E-state index is 12.4. The molecule has 6 heteroatoms. The van der Waals surface area contributed by atoms with Gasteiger partial charge in [-0.05, 0) is 42.0 Å². The van der Waals surface area contributed by atoms with Crippen LogP contribution in [0.4, 0.5) is 5.69 Å². The highest BCUT2D eigenvalue weighted by Crippen LogP contribution is 2.46. The zero-order chi connectivity index (χ0) is 20.2. The van der Waals surface area contributed by atoms with E-state index < -0.39 is 5.97 Å². The third-order valence-electron chi connectivity index (χ3n) is 5.58. The molecular weight excluding hydrogens is 368 g/mol. The number of likely N-dealkylation sites (N-methyl/N-ethyl adjacent to an activating group) is 1. The number of carbonyl (C=O) groups excluding carboxylic acids is 1. The summed E-state index contributed by atoms with van der Waals surface area (Å²) in [5, 5.41) is 0. The molecule has 0 aliphatic carbocycles. The topological polar surface area (TPSA) is 60.4 Å². The monoisotopic (exact) mass is 388 g/mol. The van der Waals surface area contributed by atoms with Crippen LogP contribution in [-0.2, 0) is 14.9 Å². The number of rotatable bonds is 2. The minimum Gasteiger partial charge on any atom is -0.454 e. The van der Waals surface area contributed by atoms with Crippen molar-refractivity contribution >= 4 is 17.6 Å². The number of carbonyl (C=O) groups is 1. The van der Waals surface area contributed by atoms with Gasteiger partial charge in [0.2, 0.25) is 12.7 Å². The molecule has 0 amide bonds. The third kappa shape index (κ3) is 2.71. The van der Waals surface area contributed by atoms with Crippen LogP contribution < -0.4 is 14.4 Å². The number of hydrogen-bond donors (Lipinski definition) is 0. The Balaban J connectivity index is 1.48. The molecule has 0 bridgehead atoms. The van der Waals surface area contributed by atoms with Crippen molar-refractivity contribution in [1.82, 2.24) is 0 Å². The number of aliphatic imine (C=N–C) groups is 1. The molecule has 0 radical (unpaired) electrons. The molecule has 2 aromatic rings. The van der Waals surface area contributed by atoms with Crippen LogP contribution in [0, 0.1) is 0 Å². The summed E-state index contributed by atoms with van der Waals surface area (Å²) in [7, 11) is 2.03. The lowest BCUT2D eigenvalue weighted by atomic mass is 9.84. The van der Waals surface area contributed by atoms with Gasteiger partial charge >= 0.3 is 5.97 Å². The van der Waals surface area contributed by atoms with Crippen molar-refractivity contribution in [1.29, 1.82) is 0 Å². The van der Waals surface area contributed by atoms with Gasteiger partial charge in [0, 0.05) is 29.4 Å². The molecule has 0 saturated heterocycles. The molecule has 3 heterocycles. The van der Waals surface area contributed by atoms with Gasteiger partial charge in [0.15, 0.2) is 17.2 Å². The van der Waals surface area contributed by atoms with Gasteiger partial charge in [-0.3, -0.25) is 0 Å². The predicted octanol–water partition coefficient (Wildman–Crippen LogP) is 3.91. The lowest BCUT2D eigenvalue weighted by Gasteiger charge is -2.23. The fraction of sp³-hybridized carbons (Fsp3) is 0.217. The van der Waals surface area contributed by atoms with Crippen molar-refractivity contribution in [3.63, 3.8) is 0 Å². The number of cyclic esters (lactones) is 1. The van der Waals surface area contributed by atoms with Crippen LogP contribution in [0.5, 0.6) is 11.5 Å². The number of nitrogens with zero attached hydrogens (tertiary/aromatic N) is 2. The first-order chi connectivity index (χ1) is 13.9. The van der Waals surface area contributed by atoms with Gasteiger partial charge in [-0.25, -0.2) is 9.79 Å². The van der Waals surface area contributed by atoms with Crippen molar-refractivity contribution in [2.24, 2.45) is 4.99 Å². The Bertz CT molecular complexity index is 1130. The maximum Gasteiger partial charge on any atom is 0.363 e. The largest absolute Gasteiger partial charge is 0.454 e. The lowest BCUT2D eigenvalue weighted by molar-refractivity contribution is -0.130. The number of para-hydroxylation sites is 1. The molecule has 29 heavy (non-hydrogen) atoms. The number of benzene rings is 2. The number of esters is 1.